The zero-order valence-electron chi connectivity index (χ0n) is 12.3. The third kappa shape index (κ3) is 5.23. The minimum atomic E-state index is -0.964. The molecule has 5 nitrogen and oxygen atoms in total. The molecule has 0 radical (unpaired) electrons. The molecule has 1 atom stereocenters. The van der Waals surface area contributed by atoms with E-state index in [1.807, 2.05) is 17.5 Å². The topological polar surface area (TPSA) is 67.4 Å². The van der Waals surface area contributed by atoms with E-state index in [1.54, 1.807) is 12.1 Å². The molecule has 0 saturated heterocycles. The molecule has 2 N–H and O–H groups in total. The Kier molecular flexibility index (Phi) is 5.87. The number of carbonyl (C=O) groups excluding carboxylic acids is 2. The largest absolute Gasteiger partial charge is 0.478 e. The van der Waals surface area contributed by atoms with Crippen molar-refractivity contribution in [3.05, 3.63) is 58.5 Å². The van der Waals surface area contributed by atoms with Crippen LogP contribution in [0.15, 0.2) is 47.9 Å². The second-order valence-corrected chi connectivity index (χ2v) is 5.50. The van der Waals surface area contributed by atoms with Gasteiger partial charge in [0.15, 0.2) is 17.7 Å². The van der Waals surface area contributed by atoms with Crippen LogP contribution in [0.1, 0.15) is 11.8 Å². The van der Waals surface area contributed by atoms with Crippen molar-refractivity contribution in [2.24, 2.45) is 0 Å². The molecule has 0 spiro atoms. The Labute approximate surface area is 136 Å². The molecule has 0 bridgehead atoms. The second kappa shape index (κ2) is 8.09. The Bertz CT molecular complexity index is 701. The maximum absolute atomic E-state index is 13.4. The first-order chi connectivity index (χ1) is 11.1. The van der Waals surface area contributed by atoms with Crippen LogP contribution < -0.4 is 15.6 Å². The summed E-state index contributed by atoms with van der Waals surface area (Å²) in [5.74, 6) is -1.66. The van der Waals surface area contributed by atoms with Crippen LogP contribution in [0.4, 0.5) is 4.39 Å². The van der Waals surface area contributed by atoms with Gasteiger partial charge in [-0.2, -0.15) is 0 Å². The number of amides is 2. The van der Waals surface area contributed by atoms with E-state index in [0.717, 1.165) is 4.88 Å². The van der Waals surface area contributed by atoms with E-state index >= 15 is 0 Å². The number of nitrogens with one attached hydrogen (secondary N) is 2. The third-order valence-electron chi connectivity index (χ3n) is 2.76. The van der Waals surface area contributed by atoms with E-state index in [9.17, 15) is 14.0 Å². The molecule has 2 rings (SSSR count). The summed E-state index contributed by atoms with van der Waals surface area (Å²) in [6.45, 7) is 1.45. The smallest absolute Gasteiger partial charge is 0.279 e. The number of hydrogen-bond acceptors (Lipinski definition) is 4. The van der Waals surface area contributed by atoms with Crippen molar-refractivity contribution in [2.75, 3.05) is 0 Å². The highest BCUT2D eigenvalue weighted by Gasteiger charge is 2.16. The van der Waals surface area contributed by atoms with Crippen molar-refractivity contribution in [3.8, 4) is 5.75 Å². The minimum absolute atomic E-state index is 0.0286. The molecule has 0 aliphatic carbocycles. The molecule has 1 aromatic heterocycles. The van der Waals surface area contributed by atoms with Gasteiger partial charge in [0.25, 0.3) is 11.8 Å². The van der Waals surface area contributed by atoms with E-state index in [1.165, 1.54) is 42.5 Å². The normalized spacial score (nSPS) is 11.9. The van der Waals surface area contributed by atoms with Crippen LogP contribution in [-0.4, -0.2) is 17.9 Å². The van der Waals surface area contributed by atoms with Crippen molar-refractivity contribution in [3.63, 3.8) is 0 Å². The van der Waals surface area contributed by atoms with Crippen LogP contribution in [-0.2, 0) is 9.59 Å². The zero-order chi connectivity index (χ0) is 16.7. The highest BCUT2D eigenvalue weighted by Crippen LogP contribution is 2.16. The van der Waals surface area contributed by atoms with Crippen LogP contribution in [0.3, 0.4) is 0 Å². The van der Waals surface area contributed by atoms with E-state index < -0.39 is 23.7 Å². The van der Waals surface area contributed by atoms with Crippen LogP contribution in [0, 0.1) is 5.82 Å². The average Bonchev–Trinajstić information content (AvgIpc) is 3.06. The Morgan fingerprint density at radius 3 is 2.70 bits per heavy atom. The number of hydrogen-bond donors (Lipinski definition) is 2. The maximum Gasteiger partial charge on any atom is 0.279 e. The van der Waals surface area contributed by atoms with Gasteiger partial charge in [0.2, 0.25) is 0 Å². The number of benzene rings is 1. The molecule has 23 heavy (non-hydrogen) atoms. The Hall–Kier alpha value is -2.67. The molecule has 2 aromatic rings. The van der Waals surface area contributed by atoms with Gasteiger partial charge in [-0.1, -0.05) is 18.2 Å². The summed E-state index contributed by atoms with van der Waals surface area (Å²) in [6.07, 6.45) is 1.97. The highest BCUT2D eigenvalue weighted by molar-refractivity contribution is 7.10. The van der Waals surface area contributed by atoms with Gasteiger partial charge in [0.1, 0.15) is 0 Å². The predicted molar refractivity (Wildman–Crippen MR) is 86.1 cm³/mol. The number of rotatable bonds is 5. The van der Waals surface area contributed by atoms with E-state index in [2.05, 4.69) is 10.9 Å². The summed E-state index contributed by atoms with van der Waals surface area (Å²) in [7, 11) is 0. The third-order valence-corrected chi connectivity index (χ3v) is 3.60. The summed E-state index contributed by atoms with van der Waals surface area (Å²) in [6, 6.07) is 9.49. The molecule has 0 fully saturated rings. The standard InChI is InChI=1S/C16H15FN2O3S/c1-11(22-14-7-3-2-6-13(14)17)16(21)19-18-15(20)9-8-12-5-4-10-23-12/h2-11H,1H3,(H,18,20)(H,19,21)/b9-8+/t11-/m0/s1. The van der Waals surface area contributed by atoms with Crippen LogP contribution >= 0.6 is 11.3 Å². The van der Waals surface area contributed by atoms with Gasteiger partial charge >= 0.3 is 0 Å². The second-order valence-electron chi connectivity index (χ2n) is 4.52. The van der Waals surface area contributed by atoms with Crippen molar-refractivity contribution in [1.82, 2.24) is 10.9 Å². The Morgan fingerprint density at radius 1 is 1.22 bits per heavy atom. The lowest BCUT2D eigenvalue weighted by atomic mass is 10.3. The Morgan fingerprint density at radius 2 is 2.00 bits per heavy atom. The van der Waals surface area contributed by atoms with Gasteiger partial charge in [-0.15, -0.1) is 11.3 Å². The zero-order valence-corrected chi connectivity index (χ0v) is 13.1. The van der Waals surface area contributed by atoms with Crippen LogP contribution in [0.25, 0.3) is 6.08 Å². The molecule has 120 valence electrons. The molecule has 0 aliphatic heterocycles. The molecule has 7 heteroatoms. The number of carbonyl (C=O) groups is 2. The van der Waals surface area contributed by atoms with Gasteiger partial charge in [0, 0.05) is 11.0 Å². The first-order valence-corrected chi connectivity index (χ1v) is 7.67. The molecule has 1 heterocycles. The fourth-order valence-corrected chi connectivity index (χ4v) is 2.21. The van der Waals surface area contributed by atoms with Gasteiger partial charge in [-0.05, 0) is 36.6 Å². The van der Waals surface area contributed by atoms with Crippen LogP contribution in [0.5, 0.6) is 5.75 Å². The summed E-state index contributed by atoms with van der Waals surface area (Å²) in [5.41, 5.74) is 4.45. The highest BCUT2D eigenvalue weighted by atomic mass is 32.1. The SMILES string of the molecule is C[C@H](Oc1ccccc1F)C(=O)NNC(=O)/C=C/c1cccs1. The molecular formula is C16H15FN2O3S. The number of halogens is 1. The number of hydrazine groups is 1. The monoisotopic (exact) mass is 334 g/mol. The van der Waals surface area contributed by atoms with Crippen molar-refractivity contribution >= 4 is 29.2 Å². The molecule has 0 saturated carbocycles. The maximum atomic E-state index is 13.4. The summed E-state index contributed by atoms with van der Waals surface area (Å²) < 4.78 is 18.6. The quantitative estimate of drug-likeness (QED) is 0.652. The van der Waals surface area contributed by atoms with Crippen molar-refractivity contribution in [1.29, 1.82) is 0 Å². The van der Waals surface area contributed by atoms with Gasteiger partial charge < -0.3 is 4.74 Å². The molecule has 1 aromatic carbocycles. The van der Waals surface area contributed by atoms with Crippen LogP contribution in [0.2, 0.25) is 0 Å². The molecule has 2 amide bonds. The average molecular weight is 334 g/mol. The number of thiophene rings is 1. The predicted octanol–water partition coefficient (Wildman–Crippen LogP) is 2.52. The van der Waals surface area contributed by atoms with E-state index in [0.29, 0.717) is 0 Å². The van der Waals surface area contributed by atoms with E-state index in [4.69, 9.17) is 4.74 Å². The molecule has 0 unspecified atom stereocenters. The lowest BCUT2D eigenvalue weighted by Gasteiger charge is -2.15. The summed E-state index contributed by atoms with van der Waals surface area (Å²) in [5, 5.41) is 1.89. The van der Waals surface area contributed by atoms with Gasteiger partial charge in [0.05, 0.1) is 0 Å². The lowest BCUT2D eigenvalue weighted by Crippen LogP contribution is -2.46. The van der Waals surface area contributed by atoms with Gasteiger partial charge in [-0.25, -0.2) is 4.39 Å². The lowest BCUT2D eigenvalue weighted by molar-refractivity contribution is -0.131. The fourth-order valence-electron chi connectivity index (χ4n) is 1.59. The minimum Gasteiger partial charge on any atom is -0.478 e. The van der Waals surface area contributed by atoms with Crippen molar-refractivity contribution in [2.45, 2.75) is 13.0 Å². The first-order valence-electron chi connectivity index (χ1n) is 6.79. The number of para-hydroxylation sites is 1. The first kappa shape index (κ1) is 16.7. The van der Waals surface area contributed by atoms with Gasteiger partial charge in [-0.3, -0.25) is 20.4 Å². The summed E-state index contributed by atoms with van der Waals surface area (Å²) >= 11 is 1.49. The Balaban J connectivity index is 1.79. The number of ether oxygens (including phenoxy) is 1. The molecular weight excluding hydrogens is 319 g/mol. The van der Waals surface area contributed by atoms with E-state index in [-0.39, 0.29) is 5.75 Å². The summed E-state index contributed by atoms with van der Waals surface area (Å²) in [4.78, 5) is 24.3. The van der Waals surface area contributed by atoms with Crippen molar-refractivity contribution < 1.29 is 18.7 Å². The molecule has 0 aliphatic rings. The fraction of sp³-hybridized carbons (Fsp3) is 0.125.